The molecule has 0 bridgehead atoms. The Morgan fingerprint density at radius 3 is 2.08 bits per heavy atom. The van der Waals surface area contributed by atoms with Gasteiger partial charge < -0.3 is 40.5 Å². The second-order valence-corrected chi connectivity index (χ2v) is 17.7. The highest BCUT2D eigenvalue weighted by molar-refractivity contribution is 5.90. The van der Waals surface area contributed by atoms with Gasteiger partial charge in [0.15, 0.2) is 0 Å². The number of benzene rings is 1. The molecule has 3 rings (SSSR count). The third-order valence-electron chi connectivity index (χ3n) is 12.4. The number of carbonyl (C=O) groups excluding carboxylic acids is 5. The number of methoxy groups -OCH3 is 2. The second-order valence-electron chi connectivity index (χ2n) is 17.7. The number of pyridine rings is 1. The standard InChI is InChI=1S/C47H76N8O7/c1-14-31(6)42(54(11)47(60)40(29(2)3)52-46(59)41(30(4)5)53(9)10)38(61-12)27-39(56)55-25-17-19-37(55)43(62-13)32(7)44(57)51-36(26-35-18-15-16-24-49-35)45(58)50-28-33-20-22-34(48-8)23-21-33/h15-16,18,20-24,29-32,36-38,40-43,48H,14,17,19,25-28H2,1-13H3,(H,50,58)(H,51,57)(H,52,59)/t31-,32+,36-,37-,38+,40-,41-,42-,43+/m0/s1. The molecule has 0 unspecified atom stereocenters. The van der Waals surface area contributed by atoms with E-state index in [4.69, 9.17) is 9.47 Å². The Kier molecular flexibility index (Phi) is 20.8. The predicted octanol–water partition coefficient (Wildman–Crippen LogP) is 4.11. The van der Waals surface area contributed by atoms with Gasteiger partial charge in [0.25, 0.3) is 0 Å². The molecule has 4 N–H and O–H groups in total. The number of likely N-dealkylation sites (N-methyl/N-ethyl adjacent to an activating group) is 2. The van der Waals surface area contributed by atoms with Gasteiger partial charge in [0.1, 0.15) is 12.1 Å². The van der Waals surface area contributed by atoms with Gasteiger partial charge in [0.2, 0.25) is 29.5 Å². The number of rotatable bonds is 24. The Bertz CT molecular complexity index is 1720. The van der Waals surface area contributed by atoms with Crippen molar-refractivity contribution in [2.24, 2.45) is 23.7 Å². The predicted molar refractivity (Wildman–Crippen MR) is 243 cm³/mol. The normalized spacial score (nSPS) is 18.0. The molecule has 1 saturated heterocycles. The Morgan fingerprint density at radius 1 is 0.871 bits per heavy atom. The fourth-order valence-electron chi connectivity index (χ4n) is 8.75. The average Bonchev–Trinajstić information content (AvgIpc) is 3.73. The molecule has 1 aromatic heterocycles. The van der Waals surface area contributed by atoms with Crippen LogP contribution in [0, 0.1) is 23.7 Å². The van der Waals surface area contributed by atoms with Gasteiger partial charge in [-0.3, -0.25) is 33.9 Å². The van der Waals surface area contributed by atoms with Crippen LogP contribution in [-0.2, 0) is 46.4 Å². The lowest BCUT2D eigenvalue weighted by molar-refractivity contribution is -0.148. The van der Waals surface area contributed by atoms with Crippen molar-refractivity contribution < 1.29 is 33.4 Å². The zero-order valence-electron chi connectivity index (χ0n) is 39.6. The van der Waals surface area contributed by atoms with Gasteiger partial charge in [-0.25, -0.2) is 0 Å². The van der Waals surface area contributed by atoms with Gasteiger partial charge in [-0.2, -0.15) is 0 Å². The lowest BCUT2D eigenvalue weighted by atomic mass is 9.89. The number of hydrogen-bond acceptors (Lipinski definition) is 10. The number of likely N-dealkylation sites (tertiary alicyclic amines) is 1. The summed E-state index contributed by atoms with van der Waals surface area (Å²) in [6.07, 6.45) is 2.56. The highest BCUT2D eigenvalue weighted by Gasteiger charge is 2.43. The van der Waals surface area contributed by atoms with E-state index >= 15 is 0 Å². The van der Waals surface area contributed by atoms with Gasteiger partial charge in [-0.1, -0.05) is 73.1 Å². The molecule has 0 spiro atoms. The number of hydrogen-bond donors (Lipinski definition) is 4. The summed E-state index contributed by atoms with van der Waals surface area (Å²) in [5.41, 5.74) is 2.52. The van der Waals surface area contributed by atoms with Gasteiger partial charge in [-0.05, 0) is 74.5 Å². The third-order valence-corrected chi connectivity index (χ3v) is 12.4. The molecule has 1 aliphatic rings. The van der Waals surface area contributed by atoms with Crippen LogP contribution in [0.25, 0.3) is 0 Å². The van der Waals surface area contributed by atoms with Gasteiger partial charge in [0.05, 0.1) is 42.7 Å². The van der Waals surface area contributed by atoms with Crippen LogP contribution in [0.4, 0.5) is 5.69 Å². The topological polar surface area (TPSA) is 175 Å². The van der Waals surface area contributed by atoms with E-state index < -0.39 is 48.3 Å². The molecule has 9 atom stereocenters. The molecule has 15 heteroatoms. The van der Waals surface area contributed by atoms with E-state index in [0.717, 1.165) is 24.1 Å². The molecule has 2 heterocycles. The molecule has 62 heavy (non-hydrogen) atoms. The smallest absolute Gasteiger partial charge is 0.245 e. The van der Waals surface area contributed by atoms with Crippen LogP contribution >= 0.6 is 0 Å². The van der Waals surface area contributed by atoms with E-state index in [1.807, 2.05) is 104 Å². The minimum absolute atomic E-state index is 0.00456. The summed E-state index contributed by atoms with van der Waals surface area (Å²) in [6, 6.07) is 10.2. The number of nitrogens with one attached hydrogen (secondary N) is 4. The Labute approximate surface area is 370 Å². The molecular formula is C47H76N8O7. The quantitative estimate of drug-likeness (QED) is 0.120. The highest BCUT2D eigenvalue weighted by atomic mass is 16.5. The van der Waals surface area contributed by atoms with Crippen molar-refractivity contribution in [1.82, 2.24) is 35.6 Å². The van der Waals surface area contributed by atoms with E-state index in [0.29, 0.717) is 18.7 Å². The maximum absolute atomic E-state index is 14.4. The van der Waals surface area contributed by atoms with Gasteiger partial charge in [-0.15, -0.1) is 0 Å². The van der Waals surface area contributed by atoms with E-state index in [9.17, 15) is 24.0 Å². The molecule has 1 aliphatic heterocycles. The molecular weight excluding hydrogens is 789 g/mol. The summed E-state index contributed by atoms with van der Waals surface area (Å²) < 4.78 is 12.1. The number of carbonyl (C=O) groups is 5. The summed E-state index contributed by atoms with van der Waals surface area (Å²) in [6.45, 7) is 14.4. The summed E-state index contributed by atoms with van der Waals surface area (Å²) >= 11 is 0. The maximum atomic E-state index is 14.4. The average molecular weight is 865 g/mol. The molecule has 15 nitrogen and oxygen atoms in total. The van der Waals surface area contributed by atoms with Crippen LogP contribution in [-0.4, -0.2) is 141 Å². The molecule has 5 amide bonds. The van der Waals surface area contributed by atoms with E-state index in [2.05, 4.69) is 26.3 Å². The van der Waals surface area contributed by atoms with E-state index in [1.165, 1.54) is 7.11 Å². The van der Waals surface area contributed by atoms with Crippen LogP contribution in [0.1, 0.15) is 85.4 Å². The largest absolute Gasteiger partial charge is 0.388 e. The summed E-state index contributed by atoms with van der Waals surface area (Å²) in [5, 5.41) is 12.1. The van der Waals surface area contributed by atoms with E-state index in [1.54, 1.807) is 43.1 Å². The molecule has 0 saturated carbocycles. The molecule has 1 fully saturated rings. The molecule has 0 radical (unpaired) electrons. The SMILES string of the molecule is CC[C@H](C)[C@@H]([C@@H](CC(=O)N1CCC[C@H]1[C@H](OC)[C@@H](C)C(=O)N[C@@H](Cc1ccccn1)C(=O)NCc1ccc(NC)cc1)OC)N(C)C(=O)[C@@H](NC(=O)[C@H](C(C)C)N(C)C)C(C)C. The van der Waals surface area contributed by atoms with Crippen molar-refractivity contribution in [1.29, 1.82) is 0 Å². The van der Waals surface area contributed by atoms with Crippen molar-refractivity contribution in [3.05, 3.63) is 59.9 Å². The minimum Gasteiger partial charge on any atom is -0.388 e. The Hall–Kier alpha value is -4.60. The first-order valence-corrected chi connectivity index (χ1v) is 22.2. The van der Waals surface area contributed by atoms with Crippen molar-refractivity contribution in [2.45, 2.75) is 130 Å². The lowest BCUT2D eigenvalue weighted by Crippen LogP contribution is -2.59. The summed E-state index contributed by atoms with van der Waals surface area (Å²) in [4.78, 5) is 79.7. The number of amides is 5. The van der Waals surface area contributed by atoms with Crippen LogP contribution in [0.5, 0.6) is 0 Å². The molecule has 2 aromatic rings. The van der Waals surface area contributed by atoms with Crippen LogP contribution in [0.3, 0.4) is 0 Å². The Morgan fingerprint density at radius 2 is 1.55 bits per heavy atom. The fourth-order valence-corrected chi connectivity index (χ4v) is 8.75. The summed E-state index contributed by atoms with van der Waals surface area (Å²) in [7, 11) is 10.4. The number of aromatic nitrogens is 1. The highest BCUT2D eigenvalue weighted by Crippen LogP contribution is 2.30. The zero-order chi connectivity index (χ0) is 46.3. The van der Waals surface area contributed by atoms with Crippen molar-refractivity contribution in [2.75, 3.05) is 54.3 Å². The Balaban J connectivity index is 1.79. The number of ether oxygens (including phenoxy) is 2. The molecule has 346 valence electrons. The maximum Gasteiger partial charge on any atom is 0.245 e. The number of anilines is 1. The first-order valence-electron chi connectivity index (χ1n) is 22.2. The monoisotopic (exact) mass is 865 g/mol. The molecule has 1 aromatic carbocycles. The van der Waals surface area contributed by atoms with Crippen LogP contribution < -0.4 is 21.3 Å². The van der Waals surface area contributed by atoms with Crippen molar-refractivity contribution in [3.8, 4) is 0 Å². The minimum atomic E-state index is -0.914. The third kappa shape index (κ3) is 14.0. The van der Waals surface area contributed by atoms with Crippen molar-refractivity contribution in [3.63, 3.8) is 0 Å². The van der Waals surface area contributed by atoms with Gasteiger partial charge in [0, 0.05) is 65.4 Å². The number of nitrogens with zero attached hydrogens (tertiary/aromatic N) is 4. The first-order chi connectivity index (χ1) is 29.4. The first kappa shape index (κ1) is 51.7. The van der Waals surface area contributed by atoms with Crippen molar-refractivity contribution >= 4 is 35.2 Å². The second kappa shape index (κ2) is 24.9. The van der Waals surface area contributed by atoms with Crippen LogP contribution in [0.2, 0.25) is 0 Å². The van der Waals surface area contributed by atoms with Gasteiger partial charge >= 0.3 is 0 Å². The summed E-state index contributed by atoms with van der Waals surface area (Å²) in [5.74, 6) is -2.29. The van der Waals surface area contributed by atoms with E-state index in [-0.39, 0.29) is 66.7 Å². The zero-order valence-corrected chi connectivity index (χ0v) is 39.6. The fraction of sp³-hybridized carbons (Fsp3) is 0.660. The van der Waals surface area contributed by atoms with Crippen LogP contribution in [0.15, 0.2) is 48.7 Å². The lowest BCUT2D eigenvalue weighted by Gasteiger charge is -2.41. The molecule has 0 aliphatic carbocycles.